The van der Waals surface area contributed by atoms with Crippen LogP contribution in [0.25, 0.3) is 9.40 Å². The van der Waals surface area contributed by atoms with E-state index in [1.807, 2.05) is 17.5 Å². The number of amides is 1. The van der Waals surface area contributed by atoms with Crippen LogP contribution in [-0.2, 0) is 16.6 Å². The highest BCUT2D eigenvalue weighted by Gasteiger charge is 2.13. The summed E-state index contributed by atoms with van der Waals surface area (Å²) in [5.41, 5.74) is 0. The maximum atomic E-state index is 12.1. The van der Waals surface area contributed by atoms with Gasteiger partial charge in [0.2, 0.25) is 10.0 Å². The minimum Gasteiger partial charge on any atom is -0.346 e. The van der Waals surface area contributed by atoms with E-state index < -0.39 is 10.0 Å². The fourth-order valence-electron chi connectivity index (χ4n) is 1.74. The van der Waals surface area contributed by atoms with E-state index in [2.05, 4.69) is 5.32 Å². The molecule has 0 fully saturated rings. The zero-order chi connectivity index (χ0) is 15.0. The molecule has 3 N–H and O–H groups in total. The van der Waals surface area contributed by atoms with Crippen LogP contribution in [0.1, 0.15) is 14.5 Å². The van der Waals surface area contributed by atoms with Crippen molar-refractivity contribution in [2.75, 3.05) is 0 Å². The Bertz CT molecular complexity index is 875. The number of rotatable bonds is 4. The molecule has 0 aromatic carbocycles. The molecule has 0 radical (unpaired) electrons. The largest absolute Gasteiger partial charge is 0.346 e. The molecule has 0 aliphatic rings. The van der Waals surface area contributed by atoms with Crippen molar-refractivity contribution in [2.45, 2.75) is 10.8 Å². The van der Waals surface area contributed by atoms with Gasteiger partial charge in [0.1, 0.15) is 4.21 Å². The minimum absolute atomic E-state index is 0.100. The van der Waals surface area contributed by atoms with E-state index in [1.54, 1.807) is 17.4 Å². The molecule has 9 heteroatoms. The number of hydrogen-bond acceptors (Lipinski definition) is 6. The average molecular weight is 358 g/mol. The Labute approximate surface area is 133 Å². The number of nitrogens with one attached hydrogen (secondary N) is 1. The summed E-state index contributed by atoms with van der Waals surface area (Å²) < 4.78 is 24.6. The standard InChI is InChI=1S/C12H10N2O3S4/c13-21(16,17)11-2-1-7(19-11)6-14-12(15)10-5-9-8(20-10)3-4-18-9/h1-5H,6H2,(H,14,15)(H2,13,16,17). The van der Waals surface area contributed by atoms with Crippen molar-refractivity contribution in [3.05, 3.63) is 39.4 Å². The number of sulfonamides is 1. The molecule has 21 heavy (non-hydrogen) atoms. The van der Waals surface area contributed by atoms with Gasteiger partial charge in [0.25, 0.3) is 5.91 Å². The van der Waals surface area contributed by atoms with Gasteiger partial charge in [-0.05, 0) is 29.6 Å². The Balaban J connectivity index is 1.68. The molecule has 0 spiro atoms. The lowest BCUT2D eigenvalue weighted by molar-refractivity contribution is 0.0955. The van der Waals surface area contributed by atoms with Crippen molar-refractivity contribution < 1.29 is 13.2 Å². The third-order valence-electron chi connectivity index (χ3n) is 2.70. The number of fused-ring (bicyclic) bond motifs is 1. The lowest BCUT2D eigenvalue weighted by atomic mass is 10.4. The Hall–Kier alpha value is -1.26. The monoisotopic (exact) mass is 358 g/mol. The quantitative estimate of drug-likeness (QED) is 0.751. The second-order valence-corrected chi connectivity index (χ2v) is 9.20. The first-order valence-electron chi connectivity index (χ1n) is 5.80. The topological polar surface area (TPSA) is 89.3 Å². The van der Waals surface area contributed by atoms with Gasteiger partial charge in [0, 0.05) is 14.3 Å². The minimum atomic E-state index is -3.67. The van der Waals surface area contributed by atoms with Crippen LogP contribution in [0.4, 0.5) is 0 Å². The van der Waals surface area contributed by atoms with Gasteiger partial charge >= 0.3 is 0 Å². The SMILES string of the molecule is NS(=O)(=O)c1ccc(CNC(=O)c2cc3sccc3s2)s1. The van der Waals surface area contributed by atoms with Gasteiger partial charge in [-0.2, -0.15) is 0 Å². The number of carbonyl (C=O) groups is 1. The summed E-state index contributed by atoms with van der Waals surface area (Å²) in [5.74, 6) is -0.158. The molecule has 110 valence electrons. The molecule has 5 nitrogen and oxygen atoms in total. The van der Waals surface area contributed by atoms with Crippen molar-refractivity contribution in [1.29, 1.82) is 0 Å². The first-order chi connectivity index (χ1) is 9.93. The first kappa shape index (κ1) is 14.7. The maximum Gasteiger partial charge on any atom is 0.261 e. The van der Waals surface area contributed by atoms with Crippen LogP contribution in [0.3, 0.4) is 0 Å². The molecule has 0 atom stereocenters. The van der Waals surface area contributed by atoms with Gasteiger partial charge in [-0.15, -0.1) is 34.0 Å². The second kappa shape index (κ2) is 5.50. The van der Waals surface area contributed by atoms with Crippen molar-refractivity contribution in [3.8, 4) is 0 Å². The van der Waals surface area contributed by atoms with E-state index >= 15 is 0 Å². The summed E-state index contributed by atoms with van der Waals surface area (Å²) in [6, 6.07) is 6.95. The second-order valence-electron chi connectivity index (χ2n) is 4.21. The number of nitrogens with two attached hydrogens (primary N) is 1. The van der Waals surface area contributed by atoms with E-state index in [4.69, 9.17) is 5.14 Å². The molecular weight excluding hydrogens is 348 g/mol. The van der Waals surface area contributed by atoms with Gasteiger partial charge in [0.05, 0.1) is 11.4 Å². The molecule has 0 bridgehead atoms. The number of carbonyl (C=O) groups excluding carboxylic acids is 1. The Morgan fingerprint density at radius 2 is 2.00 bits per heavy atom. The molecule has 1 amide bonds. The number of thiophene rings is 3. The Morgan fingerprint density at radius 1 is 1.19 bits per heavy atom. The smallest absolute Gasteiger partial charge is 0.261 e. The molecule has 3 rings (SSSR count). The van der Waals surface area contributed by atoms with Crippen LogP contribution >= 0.6 is 34.0 Å². The average Bonchev–Trinajstić information content (AvgIpc) is 3.09. The van der Waals surface area contributed by atoms with Gasteiger partial charge in [-0.25, -0.2) is 13.6 Å². The van der Waals surface area contributed by atoms with Crippen LogP contribution < -0.4 is 10.5 Å². The van der Waals surface area contributed by atoms with E-state index in [1.165, 1.54) is 17.4 Å². The predicted molar refractivity (Wildman–Crippen MR) is 86.6 cm³/mol. The molecule has 0 saturated heterocycles. The van der Waals surface area contributed by atoms with Crippen LogP contribution in [0, 0.1) is 0 Å². The molecular formula is C12H10N2O3S4. The highest BCUT2D eigenvalue weighted by molar-refractivity contribution is 7.91. The summed E-state index contributed by atoms with van der Waals surface area (Å²) in [4.78, 5) is 13.4. The number of hydrogen-bond donors (Lipinski definition) is 2. The molecule has 3 heterocycles. The van der Waals surface area contributed by atoms with Crippen LogP contribution in [-0.4, -0.2) is 14.3 Å². The highest BCUT2D eigenvalue weighted by Crippen LogP contribution is 2.30. The zero-order valence-corrected chi connectivity index (χ0v) is 13.8. The van der Waals surface area contributed by atoms with Gasteiger partial charge in [-0.3, -0.25) is 4.79 Å². The van der Waals surface area contributed by atoms with Crippen LogP contribution in [0.2, 0.25) is 0 Å². The summed E-state index contributed by atoms with van der Waals surface area (Å²) in [6.07, 6.45) is 0. The third-order valence-corrected chi connectivity index (χ3v) is 7.32. The molecule has 0 unspecified atom stereocenters. The van der Waals surface area contributed by atoms with Crippen LogP contribution in [0.5, 0.6) is 0 Å². The van der Waals surface area contributed by atoms with Crippen molar-refractivity contribution in [3.63, 3.8) is 0 Å². The molecule has 3 aromatic heterocycles. The fourth-order valence-corrected chi connectivity index (χ4v) is 5.48. The Morgan fingerprint density at radius 3 is 2.67 bits per heavy atom. The van der Waals surface area contributed by atoms with Crippen molar-refractivity contribution >= 4 is 59.3 Å². The highest BCUT2D eigenvalue weighted by atomic mass is 32.2. The van der Waals surface area contributed by atoms with E-state index in [0.717, 1.165) is 25.6 Å². The summed E-state index contributed by atoms with van der Waals surface area (Å²) in [5, 5.41) is 9.82. The number of primary sulfonamides is 1. The van der Waals surface area contributed by atoms with Gasteiger partial charge in [-0.1, -0.05) is 0 Å². The first-order valence-corrected chi connectivity index (χ1v) is 9.86. The summed E-state index contributed by atoms with van der Waals surface area (Å²) in [6.45, 7) is 0.282. The lowest BCUT2D eigenvalue weighted by Gasteiger charge is -2.00. The van der Waals surface area contributed by atoms with E-state index in [0.29, 0.717) is 4.88 Å². The summed E-state index contributed by atoms with van der Waals surface area (Å²) >= 11 is 4.10. The van der Waals surface area contributed by atoms with Crippen LogP contribution in [0.15, 0.2) is 33.9 Å². The molecule has 0 aliphatic carbocycles. The third kappa shape index (κ3) is 3.16. The zero-order valence-electron chi connectivity index (χ0n) is 10.5. The lowest BCUT2D eigenvalue weighted by Crippen LogP contribution is -2.21. The fraction of sp³-hybridized carbons (Fsp3) is 0.0833. The predicted octanol–water partition coefficient (Wildman–Crippen LogP) is 2.60. The van der Waals surface area contributed by atoms with Crippen molar-refractivity contribution in [1.82, 2.24) is 5.32 Å². The molecule has 0 aliphatic heterocycles. The van der Waals surface area contributed by atoms with E-state index in [-0.39, 0.29) is 16.7 Å². The van der Waals surface area contributed by atoms with Gasteiger partial charge in [0.15, 0.2) is 0 Å². The van der Waals surface area contributed by atoms with E-state index in [9.17, 15) is 13.2 Å². The molecule has 0 saturated carbocycles. The Kier molecular flexibility index (Phi) is 3.84. The maximum absolute atomic E-state index is 12.1. The normalized spacial score (nSPS) is 11.9. The van der Waals surface area contributed by atoms with Crippen molar-refractivity contribution in [2.24, 2.45) is 5.14 Å². The summed E-state index contributed by atoms with van der Waals surface area (Å²) in [7, 11) is -3.67. The molecule has 3 aromatic rings. The van der Waals surface area contributed by atoms with Gasteiger partial charge < -0.3 is 5.32 Å².